The van der Waals surface area contributed by atoms with E-state index in [4.69, 9.17) is 14.2 Å². The van der Waals surface area contributed by atoms with Crippen molar-refractivity contribution in [2.45, 2.75) is 26.1 Å². The third-order valence-electron chi connectivity index (χ3n) is 1.41. The Hall–Kier alpha value is -0.120. The van der Waals surface area contributed by atoms with Crippen LogP contribution >= 0.6 is 0 Å². The molecule has 0 amide bonds. The monoisotopic (exact) mass is 146 g/mol. The maximum absolute atomic E-state index is 5.25. The van der Waals surface area contributed by atoms with E-state index in [1.54, 1.807) is 0 Å². The summed E-state index contributed by atoms with van der Waals surface area (Å²) in [6.45, 7) is 5.69. The minimum Gasteiger partial charge on any atom is -0.376 e. The molecule has 2 unspecified atom stereocenters. The molecule has 0 N–H and O–H groups in total. The molecule has 0 aliphatic carbocycles. The molecule has 1 fully saturated rings. The number of rotatable bonds is 0. The van der Waals surface area contributed by atoms with Crippen LogP contribution in [0, 0.1) is 0 Å². The lowest BCUT2D eigenvalue weighted by atomic mass is 10.4. The minimum atomic E-state index is 0.160. The summed E-state index contributed by atoms with van der Waals surface area (Å²) < 4.78 is 15.7. The van der Waals surface area contributed by atoms with Crippen LogP contribution in [0.15, 0.2) is 0 Å². The van der Waals surface area contributed by atoms with Crippen LogP contribution in [0.3, 0.4) is 0 Å². The molecule has 1 heterocycles. The maximum Gasteiger partial charge on any atom is 0.147 e. The van der Waals surface area contributed by atoms with Crippen LogP contribution in [-0.2, 0) is 14.2 Å². The smallest absolute Gasteiger partial charge is 0.147 e. The molecule has 3 heteroatoms. The van der Waals surface area contributed by atoms with E-state index < -0.39 is 0 Å². The quantitative estimate of drug-likeness (QED) is 0.505. The van der Waals surface area contributed by atoms with Crippen LogP contribution < -0.4 is 0 Å². The number of ether oxygens (including phenoxy) is 3. The lowest BCUT2D eigenvalue weighted by Crippen LogP contribution is -2.28. The summed E-state index contributed by atoms with van der Waals surface area (Å²) in [6, 6.07) is 0. The summed E-state index contributed by atoms with van der Waals surface area (Å²) in [4.78, 5) is 0. The molecule has 10 heavy (non-hydrogen) atoms. The second-order valence-corrected chi connectivity index (χ2v) is 2.61. The van der Waals surface area contributed by atoms with Crippen molar-refractivity contribution in [3.8, 4) is 0 Å². The van der Waals surface area contributed by atoms with E-state index in [0.29, 0.717) is 20.0 Å². The molecule has 2 atom stereocenters. The topological polar surface area (TPSA) is 27.7 Å². The molecule has 0 bridgehead atoms. The predicted molar refractivity (Wildman–Crippen MR) is 36.8 cm³/mol. The fraction of sp³-hybridized carbons (Fsp3) is 1.00. The Labute approximate surface area is 61.3 Å². The molecule has 0 saturated carbocycles. The van der Waals surface area contributed by atoms with Crippen molar-refractivity contribution in [3.05, 3.63) is 0 Å². The molecule has 0 radical (unpaired) electrons. The highest BCUT2D eigenvalue weighted by Crippen LogP contribution is 2.01. The van der Waals surface area contributed by atoms with E-state index >= 15 is 0 Å². The van der Waals surface area contributed by atoms with Gasteiger partial charge in [0, 0.05) is 0 Å². The van der Waals surface area contributed by atoms with Crippen LogP contribution in [0.25, 0.3) is 0 Å². The van der Waals surface area contributed by atoms with Gasteiger partial charge in [0.25, 0.3) is 0 Å². The molecular formula is C7H14O3. The van der Waals surface area contributed by atoms with Crippen LogP contribution in [-0.4, -0.2) is 32.2 Å². The summed E-state index contributed by atoms with van der Waals surface area (Å²) in [5.74, 6) is 0. The zero-order valence-electron chi connectivity index (χ0n) is 6.50. The van der Waals surface area contributed by atoms with E-state index in [9.17, 15) is 0 Å². The molecule has 0 aromatic carbocycles. The van der Waals surface area contributed by atoms with Crippen molar-refractivity contribution < 1.29 is 14.2 Å². The average Bonchev–Trinajstić information content (AvgIpc) is 1.84. The molecule has 1 aliphatic rings. The summed E-state index contributed by atoms with van der Waals surface area (Å²) >= 11 is 0. The molecule has 0 aromatic heterocycles. The van der Waals surface area contributed by atoms with Crippen molar-refractivity contribution in [1.29, 1.82) is 0 Å². The molecule has 3 nitrogen and oxygen atoms in total. The molecule has 0 aromatic rings. The Balaban J connectivity index is 2.21. The van der Waals surface area contributed by atoms with Gasteiger partial charge >= 0.3 is 0 Å². The fourth-order valence-electron chi connectivity index (χ4n) is 0.768. The van der Waals surface area contributed by atoms with Gasteiger partial charge in [-0.1, -0.05) is 0 Å². The lowest BCUT2D eigenvalue weighted by molar-refractivity contribution is -0.165. The largest absolute Gasteiger partial charge is 0.376 e. The first-order chi connectivity index (χ1) is 4.79. The minimum absolute atomic E-state index is 0.160. The highest BCUT2D eigenvalue weighted by molar-refractivity contribution is 4.52. The van der Waals surface area contributed by atoms with Gasteiger partial charge in [-0.25, -0.2) is 0 Å². The Kier molecular flexibility index (Phi) is 3.12. The summed E-state index contributed by atoms with van der Waals surface area (Å²) in [7, 11) is 0. The van der Waals surface area contributed by atoms with Crippen LogP contribution in [0.4, 0.5) is 0 Å². The maximum atomic E-state index is 5.25. The van der Waals surface area contributed by atoms with Gasteiger partial charge in [0.1, 0.15) is 6.79 Å². The van der Waals surface area contributed by atoms with Crippen molar-refractivity contribution in [3.63, 3.8) is 0 Å². The summed E-state index contributed by atoms with van der Waals surface area (Å²) in [5.41, 5.74) is 0. The SMILES string of the molecule is CC1COCC(C)OCO1. The third-order valence-corrected chi connectivity index (χ3v) is 1.41. The van der Waals surface area contributed by atoms with Crippen LogP contribution in [0.2, 0.25) is 0 Å². The first-order valence-corrected chi connectivity index (χ1v) is 3.60. The van der Waals surface area contributed by atoms with Gasteiger partial charge in [-0.05, 0) is 13.8 Å². The van der Waals surface area contributed by atoms with Crippen molar-refractivity contribution in [2.75, 3.05) is 20.0 Å². The summed E-state index contributed by atoms with van der Waals surface area (Å²) in [5, 5.41) is 0. The van der Waals surface area contributed by atoms with Gasteiger partial charge in [-0.2, -0.15) is 0 Å². The van der Waals surface area contributed by atoms with Gasteiger partial charge in [0.05, 0.1) is 25.4 Å². The van der Waals surface area contributed by atoms with Gasteiger partial charge < -0.3 is 14.2 Å². The highest BCUT2D eigenvalue weighted by atomic mass is 16.7. The second-order valence-electron chi connectivity index (χ2n) is 2.61. The van der Waals surface area contributed by atoms with Crippen molar-refractivity contribution >= 4 is 0 Å². The Morgan fingerprint density at radius 1 is 1.00 bits per heavy atom. The first kappa shape index (κ1) is 7.98. The Morgan fingerprint density at radius 2 is 1.50 bits per heavy atom. The van der Waals surface area contributed by atoms with Gasteiger partial charge in [-0.3, -0.25) is 0 Å². The van der Waals surface area contributed by atoms with E-state index in [1.807, 2.05) is 13.8 Å². The van der Waals surface area contributed by atoms with E-state index in [2.05, 4.69) is 0 Å². The molecule has 60 valence electrons. The lowest BCUT2D eigenvalue weighted by Gasteiger charge is -2.21. The van der Waals surface area contributed by atoms with E-state index in [1.165, 1.54) is 0 Å². The molecule has 1 aliphatic heterocycles. The van der Waals surface area contributed by atoms with Gasteiger partial charge in [-0.15, -0.1) is 0 Å². The Bertz CT molecular complexity index is 74.9. The number of hydrogen-bond donors (Lipinski definition) is 0. The highest BCUT2D eigenvalue weighted by Gasteiger charge is 2.10. The first-order valence-electron chi connectivity index (χ1n) is 3.60. The van der Waals surface area contributed by atoms with Crippen molar-refractivity contribution in [1.82, 2.24) is 0 Å². The predicted octanol–water partition coefficient (Wildman–Crippen LogP) is 0.784. The molecule has 1 rings (SSSR count). The zero-order valence-corrected chi connectivity index (χ0v) is 6.50. The van der Waals surface area contributed by atoms with Crippen LogP contribution in [0.1, 0.15) is 13.8 Å². The third kappa shape index (κ3) is 2.64. The Morgan fingerprint density at radius 3 is 2.00 bits per heavy atom. The normalized spacial score (nSPS) is 36.6. The number of hydrogen-bond acceptors (Lipinski definition) is 3. The molecular weight excluding hydrogens is 132 g/mol. The summed E-state index contributed by atoms with van der Waals surface area (Å²) in [6.07, 6.45) is 0.319. The zero-order chi connectivity index (χ0) is 7.40. The van der Waals surface area contributed by atoms with Crippen LogP contribution in [0.5, 0.6) is 0 Å². The van der Waals surface area contributed by atoms with Crippen molar-refractivity contribution in [2.24, 2.45) is 0 Å². The fourth-order valence-corrected chi connectivity index (χ4v) is 0.768. The standard InChI is InChI=1S/C7H14O3/c1-6-3-8-4-7(2)10-5-9-6/h6-7H,3-5H2,1-2H3. The molecule has 1 saturated heterocycles. The van der Waals surface area contributed by atoms with Gasteiger partial charge in [0.15, 0.2) is 0 Å². The molecule has 0 spiro atoms. The van der Waals surface area contributed by atoms with Gasteiger partial charge in [0.2, 0.25) is 0 Å². The average molecular weight is 146 g/mol. The van der Waals surface area contributed by atoms with E-state index in [-0.39, 0.29) is 12.2 Å². The second kappa shape index (κ2) is 3.91. The van der Waals surface area contributed by atoms with E-state index in [0.717, 1.165) is 0 Å².